The number of nitrogens with one attached hydrogen (secondary N) is 2. The highest BCUT2D eigenvalue weighted by atomic mass is 16.6. The monoisotopic (exact) mass is 318 g/mol. The zero-order valence-corrected chi connectivity index (χ0v) is 14.9. The number of alkyl carbamates (subject to hydrolysis) is 1. The van der Waals surface area contributed by atoms with Gasteiger partial charge < -0.3 is 24.8 Å². The van der Waals surface area contributed by atoms with E-state index < -0.39 is 5.60 Å². The maximum absolute atomic E-state index is 11.5. The summed E-state index contributed by atoms with van der Waals surface area (Å²) in [5.74, 6) is 0. The van der Waals surface area contributed by atoms with Gasteiger partial charge in [-0.05, 0) is 53.5 Å². The summed E-state index contributed by atoms with van der Waals surface area (Å²) in [4.78, 5) is 11.5. The third kappa shape index (κ3) is 14.1. The molecule has 0 spiro atoms. The number of carbonyl (C=O) groups is 1. The van der Waals surface area contributed by atoms with Crippen LogP contribution in [0.4, 0.5) is 4.79 Å². The second kappa shape index (κ2) is 12.7. The van der Waals surface area contributed by atoms with Crippen molar-refractivity contribution in [3.05, 3.63) is 0 Å². The molecule has 0 saturated heterocycles. The Hall–Kier alpha value is -0.850. The van der Waals surface area contributed by atoms with Gasteiger partial charge in [0, 0.05) is 32.9 Å². The van der Waals surface area contributed by atoms with Crippen LogP contribution in [0.25, 0.3) is 0 Å². The Bertz CT molecular complexity index is 280. The van der Waals surface area contributed by atoms with Crippen LogP contribution in [0.5, 0.6) is 0 Å². The minimum atomic E-state index is -0.454. The van der Waals surface area contributed by atoms with Crippen LogP contribution in [0.1, 0.15) is 47.0 Å². The van der Waals surface area contributed by atoms with Crippen LogP contribution in [0, 0.1) is 0 Å². The van der Waals surface area contributed by atoms with Crippen LogP contribution in [0.2, 0.25) is 0 Å². The van der Waals surface area contributed by atoms with Gasteiger partial charge in [-0.3, -0.25) is 0 Å². The van der Waals surface area contributed by atoms with Crippen molar-refractivity contribution >= 4 is 6.09 Å². The molecular formula is C16H34N2O4. The van der Waals surface area contributed by atoms with E-state index in [-0.39, 0.29) is 6.09 Å². The van der Waals surface area contributed by atoms with Gasteiger partial charge in [0.05, 0.1) is 6.61 Å². The largest absolute Gasteiger partial charge is 0.444 e. The number of rotatable bonds is 12. The Morgan fingerprint density at radius 1 is 1.18 bits per heavy atom. The molecule has 0 aliphatic heterocycles. The summed E-state index contributed by atoms with van der Waals surface area (Å²) >= 11 is 0. The first-order valence-corrected chi connectivity index (χ1v) is 8.16. The number of ether oxygens (including phenoxy) is 3. The van der Waals surface area contributed by atoms with Gasteiger partial charge in [0.2, 0.25) is 0 Å². The number of hydrogen-bond donors (Lipinski definition) is 2. The topological polar surface area (TPSA) is 68.8 Å². The molecule has 132 valence electrons. The lowest BCUT2D eigenvalue weighted by Crippen LogP contribution is -2.36. The molecule has 0 aliphatic carbocycles. The van der Waals surface area contributed by atoms with Gasteiger partial charge >= 0.3 is 6.09 Å². The van der Waals surface area contributed by atoms with Crippen LogP contribution >= 0.6 is 0 Å². The molecule has 0 aromatic heterocycles. The second-order valence-corrected chi connectivity index (χ2v) is 6.23. The Morgan fingerprint density at radius 2 is 1.91 bits per heavy atom. The predicted octanol–water partition coefficient (Wildman–Crippen LogP) is 2.32. The summed E-state index contributed by atoms with van der Waals surface area (Å²) in [5, 5.41) is 6.23. The van der Waals surface area contributed by atoms with Crippen molar-refractivity contribution < 1.29 is 19.0 Å². The SMILES string of the molecule is CCOCCCNC(CCCNC(=O)OC(C)(C)C)COC. The highest BCUT2D eigenvalue weighted by Gasteiger charge is 2.15. The molecule has 22 heavy (non-hydrogen) atoms. The highest BCUT2D eigenvalue weighted by molar-refractivity contribution is 5.67. The summed E-state index contributed by atoms with van der Waals surface area (Å²) in [6.45, 7) is 11.3. The van der Waals surface area contributed by atoms with Crippen molar-refractivity contribution in [2.45, 2.75) is 58.6 Å². The molecule has 0 aromatic carbocycles. The molecule has 6 nitrogen and oxygen atoms in total. The molecule has 2 N–H and O–H groups in total. The van der Waals surface area contributed by atoms with E-state index >= 15 is 0 Å². The van der Waals surface area contributed by atoms with E-state index in [9.17, 15) is 4.79 Å². The van der Waals surface area contributed by atoms with Crippen molar-refractivity contribution in [1.29, 1.82) is 0 Å². The number of amides is 1. The lowest BCUT2D eigenvalue weighted by molar-refractivity contribution is 0.0526. The van der Waals surface area contributed by atoms with E-state index in [4.69, 9.17) is 14.2 Å². The van der Waals surface area contributed by atoms with Crippen molar-refractivity contribution in [1.82, 2.24) is 10.6 Å². The fraction of sp³-hybridized carbons (Fsp3) is 0.938. The lowest BCUT2D eigenvalue weighted by atomic mass is 10.1. The first-order chi connectivity index (χ1) is 10.4. The standard InChI is InChI=1S/C16H34N2O4/c1-6-21-12-8-11-17-14(13-20-5)9-7-10-18-15(19)22-16(2,3)4/h14,17H,6-13H2,1-5H3,(H,18,19). The molecule has 0 heterocycles. The van der Waals surface area contributed by atoms with Gasteiger partial charge in [-0.1, -0.05) is 0 Å². The molecule has 6 heteroatoms. The molecule has 0 aliphatic rings. The van der Waals surface area contributed by atoms with Crippen LogP contribution in [0.15, 0.2) is 0 Å². The Labute approximate surface area is 135 Å². The number of carbonyl (C=O) groups excluding carboxylic acids is 1. The van der Waals surface area contributed by atoms with E-state index in [2.05, 4.69) is 10.6 Å². The smallest absolute Gasteiger partial charge is 0.407 e. The summed E-state index contributed by atoms with van der Waals surface area (Å²) in [5.41, 5.74) is -0.454. The van der Waals surface area contributed by atoms with E-state index in [1.165, 1.54) is 0 Å². The minimum Gasteiger partial charge on any atom is -0.444 e. The summed E-state index contributed by atoms with van der Waals surface area (Å²) < 4.78 is 15.7. The van der Waals surface area contributed by atoms with Crippen LogP contribution in [-0.2, 0) is 14.2 Å². The van der Waals surface area contributed by atoms with Gasteiger partial charge in [-0.15, -0.1) is 0 Å². The van der Waals surface area contributed by atoms with E-state index in [0.717, 1.165) is 39.0 Å². The van der Waals surface area contributed by atoms with Gasteiger partial charge in [-0.2, -0.15) is 0 Å². The quantitative estimate of drug-likeness (QED) is 0.541. The van der Waals surface area contributed by atoms with Crippen molar-refractivity contribution in [2.75, 3.05) is 40.0 Å². The highest BCUT2D eigenvalue weighted by Crippen LogP contribution is 2.06. The average molecular weight is 318 g/mol. The zero-order chi connectivity index (χ0) is 16.8. The molecule has 0 bridgehead atoms. The van der Waals surface area contributed by atoms with Crippen LogP contribution in [0.3, 0.4) is 0 Å². The first kappa shape index (κ1) is 21.1. The second-order valence-electron chi connectivity index (χ2n) is 6.23. The molecular weight excluding hydrogens is 284 g/mol. The molecule has 0 fully saturated rings. The first-order valence-electron chi connectivity index (χ1n) is 8.16. The third-order valence-corrected chi connectivity index (χ3v) is 2.87. The Kier molecular flexibility index (Phi) is 12.2. The van der Waals surface area contributed by atoms with Crippen molar-refractivity contribution in [2.24, 2.45) is 0 Å². The number of hydrogen-bond acceptors (Lipinski definition) is 5. The van der Waals surface area contributed by atoms with Gasteiger partial charge in [-0.25, -0.2) is 4.79 Å². The van der Waals surface area contributed by atoms with Crippen LogP contribution in [-0.4, -0.2) is 57.8 Å². The Balaban J connectivity index is 3.74. The normalized spacial score (nSPS) is 13.0. The van der Waals surface area contributed by atoms with Crippen LogP contribution < -0.4 is 10.6 Å². The maximum Gasteiger partial charge on any atom is 0.407 e. The van der Waals surface area contributed by atoms with E-state index in [0.29, 0.717) is 19.2 Å². The summed E-state index contributed by atoms with van der Waals surface area (Å²) in [7, 11) is 1.70. The van der Waals surface area contributed by atoms with Gasteiger partial charge in [0.25, 0.3) is 0 Å². The van der Waals surface area contributed by atoms with E-state index in [1.54, 1.807) is 7.11 Å². The maximum atomic E-state index is 11.5. The molecule has 0 saturated carbocycles. The predicted molar refractivity (Wildman–Crippen MR) is 88.2 cm³/mol. The molecule has 0 rings (SSSR count). The van der Waals surface area contributed by atoms with Crippen molar-refractivity contribution in [3.8, 4) is 0 Å². The Morgan fingerprint density at radius 3 is 2.50 bits per heavy atom. The molecule has 1 atom stereocenters. The summed E-state index contributed by atoms with van der Waals surface area (Å²) in [6.07, 6.45) is 2.45. The minimum absolute atomic E-state index is 0.298. The van der Waals surface area contributed by atoms with E-state index in [1.807, 2.05) is 27.7 Å². The molecule has 1 unspecified atom stereocenters. The zero-order valence-electron chi connectivity index (χ0n) is 14.9. The fourth-order valence-electron chi connectivity index (χ4n) is 1.92. The molecule has 0 aromatic rings. The third-order valence-electron chi connectivity index (χ3n) is 2.87. The fourth-order valence-corrected chi connectivity index (χ4v) is 1.92. The summed E-state index contributed by atoms with van der Waals surface area (Å²) in [6, 6.07) is 0.298. The van der Waals surface area contributed by atoms with Crippen molar-refractivity contribution in [3.63, 3.8) is 0 Å². The van der Waals surface area contributed by atoms with Gasteiger partial charge in [0.15, 0.2) is 0 Å². The lowest BCUT2D eigenvalue weighted by Gasteiger charge is -2.20. The molecule has 1 amide bonds. The average Bonchev–Trinajstić information content (AvgIpc) is 2.41. The molecule has 0 radical (unpaired) electrons. The number of methoxy groups -OCH3 is 1. The van der Waals surface area contributed by atoms with Gasteiger partial charge in [0.1, 0.15) is 5.60 Å².